The standard InChI is InChI=1S/C15H21N3/c1-4-6-16-11-14-5-7-18(17-14)15-9-12(2)8-13(3)10-15/h5,7-10,16H,4,6,11H2,1-3H3. The minimum atomic E-state index is 0.839. The van der Waals surface area contributed by atoms with Crippen molar-refractivity contribution < 1.29 is 0 Å². The van der Waals surface area contributed by atoms with Crippen LogP contribution in [-0.4, -0.2) is 16.3 Å². The maximum absolute atomic E-state index is 4.59. The van der Waals surface area contributed by atoms with Crippen LogP contribution in [0.5, 0.6) is 0 Å². The summed E-state index contributed by atoms with van der Waals surface area (Å²) in [7, 11) is 0. The Kier molecular flexibility index (Phi) is 4.15. The zero-order chi connectivity index (χ0) is 13.0. The van der Waals surface area contributed by atoms with E-state index in [2.05, 4.69) is 55.5 Å². The summed E-state index contributed by atoms with van der Waals surface area (Å²) in [5, 5.41) is 7.95. The van der Waals surface area contributed by atoms with Gasteiger partial charge in [0.05, 0.1) is 11.4 Å². The van der Waals surface area contributed by atoms with Gasteiger partial charge in [0.2, 0.25) is 0 Å². The number of hydrogen-bond donors (Lipinski definition) is 1. The molecule has 1 aromatic heterocycles. The Morgan fingerprint density at radius 2 is 1.89 bits per heavy atom. The number of hydrogen-bond acceptors (Lipinski definition) is 2. The van der Waals surface area contributed by atoms with Crippen LogP contribution in [0, 0.1) is 13.8 Å². The normalized spacial score (nSPS) is 10.8. The van der Waals surface area contributed by atoms with Crippen molar-refractivity contribution in [1.82, 2.24) is 15.1 Å². The maximum atomic E-state index is 4.59. The summed E-state index contributed by atoms with van der Waals surface area (Å²) in [4.78, 5) is 0. The SMILES string of the molecule is CCCNCc1ccn(-c2cc(C)cc(C)c2)n1. The number of aromatic nitrogens is 2. The molecule has 1 aromatic carbocycles. The van der Waals surface area contributed by atoms with Gasteiger partial charge in [0.25, 0.3) is 0 Å². The molecule has 0 aliphatic carbocycles. The molecule has 0 aliphatic heterocycles. The third-order valence-electron chi connectivity index (χ3n) is 2.85. The largest absolute Gasteiger partial charge is 0.311 e. The van der Waals surface area contributed by atoms with E-state index < -0.39 is 0 Å². The minimum absolute atomic E-state index is 0.839. The first kappa shape index (κ1) is 12.8. The highest BCUT2D eigenvalue weighted by Gasteiger charge is 2.02. The van der Waals surface area contributed by atoms with E-state index in [1.807, 2.05) is 10.9 Å². The molecule has 0 spiro atoms. The van der Waals surface area contributed by atoms with E-state index in [0.717, 1.165) is 30.9 Å². The molecule has 0 unspecified atom stereocenters. The van der Waals surface area contributed by atoms with E-state index in [9.17, 15) is 0 Å². The first-order valence-corrected chi connectivity index (χ1v) is 6.53. The zero-order valence-electron chi connectivity index (χ0n) is 11.4. The van der Waals surface area contributed by atoms with Crippen LogP contribution < -0.4 is 5.32 Å². The Morgan fingerprint density at radius 3 is 2.56 bits per heavy atom. The van der Waals surface area contributed by atoms with Gasteiger partial charge >= 0.3 is 0 Å². The second kappa shape index (κ2) is 5.83. The quantitative estimate of drug-likeness (QED) is 0.818. The van der Waals surface area contributed by atoms with E-state index >= 15 is 0 Å². The predicted octanol–water partition coefficient (Wildman–Crippen LogP) is 2.99. The van der Waals surface area contributed by atoms with E-state index in [1.165, 1.54) is 11.1 Å². The lowest BCUT2D eigenvalue weighted by atomic mass is 10.1. The van der Waals surface area contributed by atoms with Gasteiger partial charge in [-0.1, -0.05) is 13.0 Å². The van der Waals surface area contributed by atoms with E-state index in [1.54, 1.807) is 0 Å². The van der Waals surface area contributed by atoms with Crippen molar-refractivity contribution in [2.45, 2.75) is 33.7 Å². The Bertz CT molecular complexity index is 494. The lowest BCUT2D eigenvalue weighted by Gasteiger charge is -2.05. The molecule has 0 aliphatic rings. The molecule has 0 fully saturated rings. The number of nitrogens with zero attached hydrogens (tertiary/aromatic N) is 2. The van der Waals surface area contributed by atoms with Gasteiger partial charge in [0.1, 0.15) is 0 Å². The minimum Gasteiger partial charge on any atom is -0.311 e. The highest BCUT2D eigenvalue weighted by atomic mass is 15.3. The first-order chi connectivity index (χ1) is 8.69. The van der Waals surface area contributed by atoms with Gasteiger partial charge in [-0.3, -0.25) is 0 Å². The van der Waals surface area contributed by atoms with Crippen molar-refractivity contribution in [3.8, 4) is 5.69 Å². The van der Waals surface area contributed by atoms with Crippen molar-refractivity contribution in [2.24, 2.45) is 0 Å². The molecule has 3 heteroatoms. The van der Waals surface area contributed by atoms with Crippen LogP contribution in [0.15, 0.2) is 30.5 Å². The molecule has 1 N–H and O–H groups in total. The monoisotopic (exact) mass is 243 g/mol. The second-order valence-corrected chi connectivity index (χ2v) is 4.77. The van der Waals surface area contributed by atoms with Crippen LogP contribution in [0.3, 0.4) is 0 Å². The average molecular weight is 243 g/mol. The summed E-state index contributed by atoms with van der Waals surface area (Å²) in [5.74, 6) is 0. The molecule has 0 radical (unpaired) electrons. The van der Waals surface area contributed by atoms with Gasteiger partial charge in [-0.2, -0.15) is 5.10 Å². The van der Waals surface area contributed by atoms with Crippen molar-refractivity contribution in [2.75, 3.05) is 6.54 Å². The molecule has 0 atom stereocenters. The first-order valence-electron chi connectivity index (χ1n) is 6.53. The summed E-state index contributed by atoms with van der Waals surface area (Å²) in [6, 6.07) is 8.56. The van der Waals surface area contributed by atoms with Gasteiger partial charge < -0.3 is 5.32 Å². The molecular weight excluding hydrogens is 222 g/mol. The second-order valence-electron chi connectivity index (χ2n) is 4.77. The molecule has 2 aromatic rings. The van der Waals surface area contributed by atoms with Gasteiger partial charge in [-0.05, 0) is 56.1 Å². The lowest BCUT2D eigenvalue weighted by molar-refractivity contribution is 0.656. The summed E-state index contributed by atoms with van der Waals surface area (Å²) in [5.41, 5.74) is 4.76. The fraction of sp³-hybridized carbons (Fsp3) is 0.400. The summed E-state index contributed by atoms with van der Waals surface area (Å²) >= 11 is 0. The van der Waals surface area contributed by atoms with Crippen LogP contribution in [0.4, 0.5) is 0 Å². The fourth-order valence-corrected chi connectivity index (χ4v) is 2.08. The van der Waals surface area contributed by atoms with Crippen LogP contribution in [0.25, 0.3) is 5.69 Å². The van der Waals surface area contributed by atoms with Crippen molar-refractivity contribution in [1.29, 1.82) is 0 Å². The van der Waals surface area contributed by atoms with Crippen LogP contribution in [-0.2, 0) is 6.54 Å². The molecule has 18 heavy (non-hydrogen) atoms. The van der Waals surface area contributed by atoms with Crippen molar-refractivity contribution in [3.63, 3.8) is 0 Å². The molecule has 3 nitrogen and oxygen atoms in total. The molecule has 0 saturated carbocycles. The van der Waals surface area contributed by atoms with Crippen LogP contribution >= 0.6 is 0 Å². The Balaban J connectivity index is 2.13. The summed E-state index contributed by atoms with van der Waals surface area (Å²) < 4.78 is 1.95. The summed E-state index contributed by atoms with van der Waals surface area (Å²) in [6.07, 6.45) is 3.18. The molecule has 1 heterocycles. The topological polar surface area (TPSA) is 29.9 Å². The molecule has 0 bridgehead atoms. The highest BCUT2D eigenvalue weighted by Crippen LogP contribution is 2.13. The molecule has 0 amide bonds. The Hall–Kier alpha value is -1.61. The number of benzene rings is 1. The van der Waals surface area contributed by atoms with Crippen molar-refractivity contribution in [3.05, 3.63) is 47.3 Å². The summed E-state index contributed by atoms with van der Waals surface area (Å²) in [6.45, 7) is 8.27. The molecule has 0 saturated heterocycles. The van der Waals surface area contributed by atoms with E-state index in [4.69, 9.17) is 0 Å². The number of aryl methyl sites for hydroxylation is 2. The molecular formula is C15H21N3. The third kappa shape index (κ3) is 3.20. The Morgan fingerprint density at radius 1 is 1.17 bits per heavy atom. The third-order valence-corrected chi connectivity index (χ3v) is 2.85. The predicted molar refractivity (Wildman–Crippen MR) is 75.0 cm³/mol. The number of rotatable bonds is 5. The van der Waals surface area contributed by atoms with Gasteiger partial charge in [0.15, 0.2) is 0 Å². The van der Waals surface area contributed by atoms with Gasteiger partial charge in [-0.25, -0.2) is 4.68 Å². The lowest BCUT2D eigenvalue weighted by Crippen LogP contribution is -2.14. The zero-order valence-corrected chi connectivity index (χ0v) is 11.4. The fourth-order valence-electron chi connectivity index (χ4n) is 2.08. The van der Waals surface area contributed by atoms with Crippen LogP contribution in [0.1, 0.15) is 30.2 Å². The van der Waals surface area contributed by atoms with Crippen LogP contribution in [0.2, 0.25) is 0 Å². The molecule has 2 rings (SSSR count). The average Bonchev–Trinajstić information content (AvgIpc) is 2.77. The number of nitrogens with one attached hydrogen (secondary N) is 1. The van der Waals surface area contributed by atoms with Gasteiger partial charge in [-0.15, -0.1) is 0 Å². The van der Waals surface area contributed by atoms with Crippen molar-refractivity contribution >= 4 is 0 Å². The van der Waals surface area contributed by atoms with Gasteiger partial charge in [0, 0.05) is 12.7 Å². The van der Waals surface area contributed by atoms with E-state index in [0.29, 0.717) is 0 Å². The Labute approximate surface area is 109 Å². The van der Waals surface area contributed by atoms with E-state index in [-0.39, 0.29) is 0 Å². The smallest absolute Gasteiger partial charge is 0.0766 e. The highest BCUT2D eigenvalue weighted by molar-refractivity contribution is 5.38. The molecule has 96 valence electrons. The maximum Gasteiger partial charge on any atom is 0.0766 e.